The van der Waals surface area contributed by atoms with Crippen LogP contribution in [0.4, 0.5) is 11.6 Å². The Kier molecular flexibility index (Phi) is 4.57. The molecule has 3 aromatic rings. The number of aromatic nitrogens is 4. The van der Waals surface area contributed by atoms with Crippen LogP contribution < -0.4 is 5.32 Å². The molecule has 3 aromatic heterocycles. The maximum atomic E-state index is 12.9. The molecular formula is C18H18N6OS. The van der Waals surface area contributed by atoms with Gasteiger partial charge in [0.25, 0.3) is 5.91 Å². The number of aryl methyl sites for hydroxylation is 1. The van der Waals surface area contributed by atoms with Gasteiger partial charge in [-0.3, -0.25) is 9.78 Å². The Hall–Kier alpha value is -2.87. The second kappa shape index (κ2) is 7.17. The summed E-state index contributed by atoms with van der Waals surface area (Å²) in [5.74, 6) is 1.39. The fourth-order valence-corrected chi connectivity index (χ4v) is 3.97. The minimum Gasteiger partial charge on any atom is -0.331 e. The summed E-state index contributed by atoms with van der Waals surface area (Å²) >= 11 is 1.40. The number of anilines is 2. The molecule has 0 bridgehead atoms. The van der Waals surface area contributed by atoms with E-state index in [9.17, 15) is 4.79 Å². The zero-order chi connectivity index (χ0) is 17.9. The molecule has 1 atom stereocenters. The topological polar surface area (TPSA) is 83.9 Å². The van der Waals surface area contributed by atoms with E-state index in [-0.39, 0.29) is 11.9 Å². The highest BCUT2D eigenvalue weighted by atomic mass is 32.1. The first-order valence-corrected chi connectivity index (χ1v) is 9.30. The average molecular weight is 366 g/mol. The third kappa shape index (κ3) is 3.28. The SMILES string of the molecule is Cc1ncsc1C(=O)N1CCC[C@H]1c1ccnc(Nc2cnccn2)c1. The molecule has 1 aliphatic heterocycles. The van der Waals surface area contributed by atoms with Gasteiger partial charge in [0.05, 0.1) is 23.4 Å². The normalized spacial score (nSPS) is 16.7. The van der Waals surface area contributed by atoms with Crippen molar-refractivity contribution in [2.75, 3.05) is 11.9 Å². The minimum atomic E-state index is 0.0504. The fraction of sp³-hybridized carbons (Fsp3) is 0.278. The molecule has 26 heavy (non-hydrogen) atoms. The van der Waals surface area contributed by atoms with Gasteiger partial charge in [-0.25, -0.2) is 15.0 Å². The monoisotopic (exact) mass is 366 g/mol. The van der Waals surface area contributed by atoms with Gasteiger partial charge in [-0.1, -0.05) is 0 Å². The highest BCUT2D eigenvalue weighted by Crippen LogP contribution is 2.34. The Morgan fingerprint density at radius 2 is 2.12 bits per heavy atom. The minimum absolute atomic E-state index is 0.0504. The molecular weight excluding hydrogens is 348 g/mol. The van der Waals surface area contributed by atoms with Gasteiger partial charge >= 0.3 is 0 Å². The van der Waals surface area contributed by atoms with Crippen molar-refractivity contribution in [1.29, 1.82) is 0 Å². The third-order valence-corrected chi connectivity index (χ3v) is 5.36. The van der Waals surface area contributed by atoms with Gasteiger partial charge in [-0.05, 0) is 37.5 Å². The van der Waals surface area contributed by atoms with E-state index in [0.29, 0.717) is 11.6 Å². The number of likely N-dealkylation sites (tertiary alicyclic amines) is 1. The van der Waals surface area contributed by atoms with E-state index >= 15 is 0 Å². The van der Waals surface area contributed by atoms with E-state index in [1.54, 1.807) is 30.3 Å². The van der Waals surface area contributed by atoms with Crippen LogP contribution in [0.15, 0.2) is 42.4 Å². The lowest BCUT2D eigenvalue weighted by molar-refractivity contribution is 0.0739. The van der Waals surface area contributed by atoms with E-state index in [2.05, 4.69) is 25.3 Å². The largest absolute Gasteiger partial charge is 0.331 e. The highest BCUT2D eigenvalue weighted by molar-refractivity contribution is 7.11. The summed E-state index contributed by atoms with van der Waals surface area (Å²) in [4.78, 5) is 32.4. The number of hydrogen-bond acceptors (Lipinski definition) is 7. The van der Waals surface area contributed by atoms with Crippen LogP contribution in [0.3, 0.4) is 0 Å². The van der Waals surface area contributed by atoms with E-state index in [1.807, 2.05) is 24.0 Å². The van der Waals surface area contributed by atoms with Crippen molar-refractivity contribution >= 4 is 28.9 Å². The van der Waals surface area contributed by atoms with Crippen LogP contribution in [-0.2, 0) is 0 Å². The van der Waals surface area contributed by atoms with Crippen LogP contribution >= 0.6 is 11.3 Å². The molecule has 0 radical (unpaired) electrons. The number of carbonyl (C=O) groups is 1. The molecule has 0 saturated carbocycles. The van der Waals surface area contributed by atoms with Gasteiger partial charge in [0.15, 0.2) is 0 Å². The summed E-state index contributed by atoms with van der Waals surface area (Å²) in [7, 11) is 0. The molecule has 0 unspecified atom stereocenters. The number of nitrogens with zero attached hydrogens (tertiary/aromatic N) is 5. The Morgan fingerprint density at radius 1 is 1.23 bits per heavy atom. The number of amides is 1. The van der Waals surface area contributed by atoms with Crippen LogP contribution in [0.5, 0.6) is 0 Å². The third-order valence-electron chi connectivity index (χ3n) is 4.44. The second-order valence-electron chi connectivity index (χ2n) is 6.11. The van der Waals surface area contributed by atoms with Crippen LogP contribution in [0.1, 0.15) is 39.8 Å². The van der Waals surface area contributed by atoms with Crippen molar-refractivity contribution in [3.05, 3.63) is 58.6 Å². The van der Waals surface area contributed by atoms with E-state index < -0.39 is 0 Å². The number of pyridine rings is 1. The average Bonchev–Trinajstić information content (AvgIpc) is 3.31. The molecule has 4 heterocycles. The number of thiazole rings is 1. The molecule has 132 valence electrons. The van der Waals surface area contributed by atoms with E-state index in [0.717, 1.165) is 35.5 Å². The van der Waals surface area contributed by atoms with Crippen LogP contribution in [-0.4, -0.2) is 37.3 Å². The predicted molar refractivity (Wildman–Crippen MR) is 99.4 cm³/mol. The number of nitrogens with one attached hydrogen (secondary N) is 1. The highest BCUT2D eigenvalue weighted by Gasteiger charge is 2.32. The molecule has 1 amide bonds. The zero-order valence-electron chi connectivity index (χ0n) is 14.3. The molecule has 1 saturated heterocycles. The lowest BCUT2D eigenvalue weighted by Crippen LogP contribution is -2.30. The first-order chi connectivity index (χ1) is 12.7. The Labute approximate surface area is 155 Å². The number of rotatable bonds is 4. The van der Waals surface area contributed by atoms with Crippen molar-refractivity contribution in [3.8, 4) is 0 Å². The van der Waals surface area contributed by atoms with E-state index in [4.69, 9.17) is 0 Å². The standard InChI is InChI=1S/C18H18N6OS/c1-12-17(26-11-22-12)18(25)24-8-2-3-14(24)13-4-5-20-15(9-13)23-16-10-19-6-7-21-16/h4-7,9-11,14H,2-3,8H2,1H3,(H,20,21,23)/t14-/m0/s1. The van der Waals surface area contributed by atoms with Crippen LogP contribution in [0.2, 0.25) is 0 Å². The zero-order valence-corrected chi connectivity index (χ0v) is 15.1. The van der Waals surface area contributed by atoms with Gasteiger partial charge in [-0.2, -0.15) is 0 Å². The molecule has 1 fully saturated rings. The summed E-state index contributed by atoms with van der Waals surface area (Å²) in [5, 5.41) is 3.15. The summed E-state index contributed by atoms with van der Waals surface area (Å²) < 4.78 is 0. The maximum absolute atomic E-state index is 12.9. The van der Waals surface area contributed by atoms with Gasteiger partial charge in [-0.15, -0.1) is 11.3 Å². The first kappa shape index (κ1) is 16.6. The molecule has 0 aliphatic carbocycles. The van der Waals surface area contributed by atoms with Crippen molar-refractivity contribution in [3.63, 3.8) is 0 Å². The fourth-order valence-electron chi connectivity index (χ4n) is 3.21. The Bertz CT molecular complexity index is 913. The summed E-state index contributed by atoms with van der Waals surface area (Å²) in [6, 6.07) is 4.00. The molecule has 0 spiro atoms. The van der Waals surface area contributed by atoms with Crippen molar-refractivity contribution in [1.82, 2.24) is 24.8 Å². The van der Waals surface area contributed by atoms with Gasteiger partial charge in [0.2, 0.25) is 0 Å². The Balaban J connectivity index is 1.57. The van der Waals surface area contributed by atoms with Gasteiger partial charge in [0.1, 0.15) is 16.5 Å². The number of hydrogen-bond donors (Lipinski definition) is 1. The van der Waals surface area contributed by atoms with E-state index in [1.165, 1.54) is 11.3 Å². The molecule has 7 nitrogen and oxygen atoms in total. The summed E-state index contributed by atoms with van der Waals surface area (Å²) in [6.07, 6.45) is 8.58. The van der Waals surface area contributed by atoms with Crippen molar-refractivity contribution < 1.29 is 4.79 Å². The second-order valence-corrected chi connectivity index (χ2v) is 6.97. The van der Waals surface area contributed by atoms with Crippen molar-refractivity contribution in [2.24, 2.45) is 0 Å². The van der Waals surface area contributed by atoms with Gasteiger partial charge < -0.3 is 10.2 Å². The van der Waals surface area contributed by atoms with Gasteiger partial charge in [0, 0.05) is 25.1 Å². The van der Waals surface area contributed by atoms with Crippen LogP contribution in [0.25, 0.3) is 0 Å². The van der Waals surface area contributed by atoms with Crippen molar-refractivity contribution in [2.45, 2.75) is 25.8 Å². The summed E-state index contributed by atoms with van der Waals surface area (Å²) in [6.45, 7) is 2.64. The molecule has 0 aromatic carbocycles. The Morgan fingerprint density at radius 3 is 2.88 bits per heavy atom. The molecule has 4 rings (SSSR count). The first-order valence-electron chi connectivity index (χ1n) is 8.42. The lowest BCUT2D eigenvalue weighted by Gasteiger charge is -2.25. The van der Waals surface area contributed by atoms with Crippen LogP contribution in [0, 0.1) is 6.92 Å². The molecule has 1 aliphatic rings. The lowest BCUT2D eigenvalue weighted by atomic mass is 10.1. The maximum Gasteiger partial charge on any atom is 0.266 e. The number of carbonyl (C=O) groups excluding carboxylic acids is 1. The predicted octanol–water partition coefficient (Wildman–Crippen LogP) is 3.36. The molecule has 8 heteroatoms. The smallest absolute Gasteiger partial charge is 0.266 e. The summed E-state index contributed by atoms with van der Waals surface area (Å²) in [5.41, 5.74) is 3.59. The quantitative estimate of drug-likeness (QED) is 0.762. The molecule has 1 N–H and O–H groups in total.